The van der Waals surface area contributed by atoms with E-state index in [0.29, 0.717) is 5.92 Å². The summed E-state index contributed by atoms with van der Waals surface area (Å²) < 4.78 is 1.37. The fourth-order valence-electron chi connectivity index (χ4n) is 1.81. The van der Waals surface area contributed by atoms with E-state index in [0.717, 1.165) is 0 Å². The minimum atomic E-state index is -1.64. The maximum absolute atomic E-state index is 2.50. The van der Waals surface area contributed by atoms with E-state index < -0.39 is 18.4 Å². The molecule has 0 radical (unpaired) electrons. The zero-order valence-electron chi connectivity index (χ0n) is 10.8. The molecule has 0 spiro atoms. The second kappa shape index (κ2) is 5.38. The first-order chi connectivity index (χ1) is 6.92. The van der Waals surface area contributed by atoms with Crippen LogP contribution in [0.4, 0.5) is 0 Å². The summed E-state index contributed by atoms with van der Waals surface area (Å²) in [7, 11) is 0. The van der Waals surface area contributed by atoms with E-state index in [1.165, 1.54) is 16.4 Å². The molecule has 1 atom stereocenters. The maximum atomic E-state index is 2.50. The van der Waals surface area contributed by atoms with Crippen molar-refractivity contribution in [3.63, 3.8) is 0 Å². The van der Waals surface area contributed by atoms with Crippen LogP contribution < -0.4 is 0 Å². The first kappa shape index (κ1) is 13.1. The monoisotopic (exact) mass is 312 g/mol. The van der Waals surface area contributed by atoms with E-state index in [4.69, 9.17) is 0 Å². The molecule has 0 bridgehead atoms. The number of hydrogen-bond acceptors (Lipinski definition) is 0. The molecule has 1 rings (SSSR count). The van der Waals surface area contributed by atoms with Crippen LogP contribution in [-0.4, -0.2) is 18.4 Å². The summed E-state index contributed by atoms with van der Waals surface area (Å²) in [6, 6.07) is 9.32. The quantitative estimate of drug-likeness (QED) is 0.712. The first-order valence-electron chi connectivity index (χ1n) is 6.01. The Bertz CT molecular complexity index is 292. The third-order valence-corrected chi connectivity index (χ3v) is 7.09. The van der Waals surface area contributed by atoms with Crippen LogP contribution in [0.1, 0.15) is 37.3 Å². The predicted molar refractivity (Wildman–Crippen MR) is 72.2 cm³/mol. The van der Waals surface area contributed by atoms with Crippen molar-refractivity contribution < 1.29 is 0 Å². The van der Waals surface area contributed by atoms with Gasteiger partial charge in [0.15, 0.2) is 0 Å². The zero-order chi connectivity index (χ0) is 11.5. The van der Waals surface area contributed by atoms with Crippen molar-refractivity contribution in [1.29, 1.82) is 0 Å². The van der Waals surface area contributed by atoms with E-state index >= 15 is 0 Å². The van der Waals surface area contributed by atoms with Gasteiger partial charge in [0.25, 0.3) is 0 Å². The van der Waals surface area contributed by atoms with E-state index in [1.54, 1.807) is 5.56 Å². The predicted octanol–water partition coefficient (Wildman–Crippen LogP) is 4.62. The molecule has 0 aliphatic carbocycles. The van der Waals surface area contributed by atoms with Crippen molar-refractivity contribution >= 4 is 18.4 Å². The van der Waals surface area contributed by atoms with Gasteiger partial charge in [0.2, 0.25) is 0 Å². The summed E-state index contributed by atoms with van der Waals surface area (Å²) in [6.07, 6.45) is 1.23. The van der Waals surface area contributed by atoms with Gasteiger partial charge in [-0.3, -0.25) is 0 Å². The molecule has 0 amide bonds. The molecule has 1 unspecified atom stereocenters. The molecular weight excluding hydrogens is 287 g/mol. The Morgan fingerprint density at radius 1 is 1.07 bits per heavy atom. The standard InChI is InChI=1S/C11H15.3CH3.Sn/c1-4-10(3)11-7-5-9(2)6-8-11;;;;/h5-8,10H,2,4H2,1,3H3;3*1H3;. The molecule has 1 aromatic carbocycles. The van der Waals surface area contributed by atoms with Crippen LogP contribution in [0, 0.1) is 0 Å². The second-order valence-electron chi connectivity index (χ2n) is 5.79. The molecule has 0 aliphatic rings. The van der Waals surface area contributed by atoms with Gasteiger partial charge in [-0.25, -0.2) is 0 Å². The molecule has 1 heteroatoms. The SMILES string of the molecule is CCC(C)c1ccc([CH2][Sn]([CH3])([CH3])[CH3])cc1. The van der Waals surface area contributed by atoms with Gasteiger partial charge in [-0.05, 0) is 0 Å². The van der Waals surface area contributed by atoms with E-state index in [9.17, 15) is 0 Å². The Balaban J connectivity index is 2.72. The molecule has 0 aliphatic heterocycles. The van der Waals surface area contributed by atoms with Crippen LogP contribution in [0.15, 0.2) is 24.3 Å². The third-order valence-electron chi connectivity index (χ3n) is 2.90. The summed E-state index contributed by atoms with van der Waals surface area (Å²) >= 11 is -1.64. The summed E-state index contributed by atoms with van der Waals surface area (Å²) in [5.74, 6) is 0.706. The molecule has 15 heavy (non-hydrogen) atoms. The van der Waals surface area contributed by atoms with E-state index in [-0.39, 0.29) is 0 Å². The van der Waals surface area contributed by atoms with Crippen LogP contribution in [0.3, 0.4) is 0 Å². The van der Waals surface area contributed by atoms with Crippen molar-refractivity contribution in [3.05, 3.63) is 35.4 Å². The van der Waals surface area contributed by atoms with Gasteiger partial charge in [0.05, 0.1) is 0 Å². The topological polar surface area (TPSA) is 0 Å². The van der Waals surface area contributed by atoms with Crippen LogP contribution in [-0.2, 0) is 4.44 Å². The molecule has 0 fully saturated rings. The van der Waals surface area contributed by atoms with Crippen molar-refractivity contribution in [1.82, 2.24) is 0 Å². The fourth-order valence-corrected chi connectivity index (χ4v) is 5.98. The Hall–Kier alpha value is 0.0187. The van der Waals surface area contributed by atoms with Gasteiger partial charge >= 0.3 is 99.2 Å². The van der Waals surface area contributed by atoms with E-state index in [1.807, 2.05) is 0 Å². The van der Waals surface area contributed by atoms with Gasteiger partial charge < -0.3 is 0 Å². The van der Waals surface area contributed by atoms with E-state index in [2.05, 4.69) is 52.9 Å². The first-order valence-corrected chi connectivity index (χ1v) is 16.6. The number of hydrogen-bond donors (Lipinski definition) is 0. The summed E-state index contributed by atoms with van der Waals surface area (Å²) in [5.41, 5.74) is 3.04. The molecule has 0 saturated carbocycles. The molecule has 0 N–H and O–H groups in total. The minimum absolute atomic E-state index is 0.706. The second-order valence-corrected chi connectivity index (χ2v) is 21.4. The Labute approximate surface area is 99.0 Å². The molecule has 0 heterocycles. The molecule has 1 aromatic rings. The van der Waals surface area contributed by atoms with Crippen molar-refractivity contribution in [2.24, 2.45) is 0 Å². The van der Waals surface area contributed by atoms with Crippen LogP contribution in [0.25, 0.3) is 0 Å². The van der Waals surface area contributed by atoms with Gasteiger partial charge in [-0.2, -0.15) is 0 Å². The molecule has 0 aromatic heterocycles. The zero-order valence-corrected chi connectivity index (χ0v) is 13.7. The molecule has 0 nitrogen and oxygen atoms in total. The summed E-state index contributed by atoms with van der Waals surface area (Å²) in [6.45, 7) is 4.56. The Morgan fingerprint density at radius 2 is 1.60 bits per heavy atom. The third kappa shape index (κ3) is 4.58. The average molecular weight is 311 g/mol. The van der Waals surface area contributed by atoms with Gasteiger partial charge in [0.1, 0.15) is 0 Å². The average Bonchev–Trinajstić information content (AvgIpc) is 2.15. The summed E-state index contributed by atoms with van der Waals surface area (Å²) in [4.78, 5) is 7.49. The van der Waals surface area contributed by atoms with Gasteiger partial charge in [0, 0.05) is 0 Å². The normalized spacial score (nSPS) is 13.9. The van der Waals surface area contributed by atoms with Crippen LogP contribution >= 0.6 is 0 Å². The van der Waals surface area contributed by atoms with Crippen molar-refractivity contribution in [3.8, 4) is 0 Å². The van der Waals surface area contributed by atoms with Gasteiger partial charge in [-0.15, -0.1) is 0 Å². The van der Waals surface area contributed by atoms with Gasteiger partial charge in [-0.1, -0.05) is 0 Å². The van der Waals surface area contributed by atoms with Crippen molar-refractivity contribution in [2.75, 3.05) is 0 Å². The Morgan fingerprint density at radius 3 is 2.00 bits per heavy atom. The van der Waals surface area contributed by atoms with Crippen LogP contribution in [0.5, 0.6) is 0 Å². The summed E-state index contributed by atoms with van der Waals surface area (Å²) in [5, 5.41) is 0. The Kier molecular flexibility index (Phi) is 4.69. The molecule has 84 valence electrons. The number of rotatable bonds is 4. The van der Waals surface area contributed by atoms with Crippen LogP contribution in [0.2, 0.25) is 14.8 Å². The fraction of sp³-hybridized carbons (Fsp3) is 0.571. The van der Waals surface area contributed by atoms with Crippen molar-refractivity contribution in [2.45, 2.75) is 45.4 Å². The number of benzene rings is 1. The molecular formula is C14H24Sn. The molecule has 0 saturated heterocycles.